The Morgan fingerprint density at radius 3 is 2.39 bits per heavy atom. The van der Waals surface area contributed by atoms with Crippen molar-refractivity contribution in [1.29, 1.82) is 5.26 Å². The molecule has 0 aliphatic carbocycles. The zero-order valence-electron chi connectivity index (χ0n) is 25.7. The van der Waals surface area contributed by atoms with E-state index in [-0.39, 0.29) is 26.4 Å². The number of aliphatic hydroxyl groups excluding tert-OH is 2. The molecule has 0 aliphatic heterocycles. The van der Waals surface area contributed by atoms with Crippen molar-refractivity contribution in [3.05, 3.63) is 105 Å². The van der Waals surface area contributed by atoms with Crippen LogP contribution in [0.3, 0.4) is 0 Å². The predicted octanol–water partition coefficient (Wildman–Crippen LogP) is 7.66. The topological polar surface area (TPSA) is 105 Å². The number of benzene rings is 3. The molecule has 0 bridgehead atoms. The third-order valence-corrected chi connectivity index (χ3v) is 12.3. The zero-order valence-corrected chi connectivity index (χ0v) is 30.9. The van der Waals surface area contributed by atoms with Crippen LogP contribution in [0.1, 0.15) is 41.2 Å². The van der Waals surface area contributed by atoms with Crippen LogP contribution < -0.4 is 14.2 Å². The van der Waals surface area contributed by atoms with E-state index in [1.54, 1.807) is 18.3 Å². The predicted molar refractivity (Wildman–Crippen MR) is 188 cm³/mol. The zero-order chi connectivity index (χ0) is 33.1. The molecular weight excluding hydrogens is 754 g/mol. The average molecular weight is 790 g/mol. The Morgan fingerprint density at radius 1 is 0.913 bits per heavy atom. The van der Waals surface area contributed by atoms with Crippen molar-refractivity contribution in [2.45, 2.75) is 42.9 Å². The number of halogens is 3. The van der Waals surface area contributed by atoms with Crippen molar-refractivity contribution in [2.24, 2.45) is 0 Å². The Kier molecular flexibility index (Phi) is 13.7. The summed E-state index contributed by atoms with van der Waals surface area (Å²) in [5.74, 6) is 1.69. The normalized spacial score (nSPS) is 11.5. The molecule has 0 amide bonds. The van der Waals surface area contributed by atoms with Gasteiger partial charge in [0, 0.05) is 5.33 Å². The molecule has 4 rings (SSSR count). The van der Waals surface area contributed by atoms with Crippen molar-refractivity contribution in [2.75, 3.05) is 25.2 Å². The summed E-state index contributed by atoms with van der Waals surface area (Å²) in [6, 6.07) is 19.3. The second-order valence-electron chi connectivity index (χ2n) is 11.0. The molecule has 11 heteroatoms. The van der Waals surface area contributed by atoms with Gasteiger partial charge in [0.2, 0.25) is 0 Å². The van der Waals surface area contributed by atoms with Crippen molar-refractivity contribution in [1.82, 2.24) is 4.98 Å². The van der Waals surface area contributed by atoms with Gasteiger partial charge in [0.25, 0.3) is 0 Å². The minimum absolute atomic E-state index is 0.0979. The SMILES string of the molecule is Cc1c(COc2cc(OCc3cncc(C#N)c3)c(C[AsH]C(C)(CO)CO)cc2Cl)cccc1-c1cccc(OCCCBr)c1Cl. The number of aromatic nitrogens is 1. The summed E-state index contributed by atoms with van der Waals surface area (Å²) in [7, 11) is 0. The molecule has 1 aromatic heterocycles. The van der Waals surface area contributed by atoms with Gasteiger partial charge >= 0.3 is 228 Å². The Balaban J connectivity index is 1.58. The third-order valence-electron chi connectivity index (χ3n) is 7.46. The van der Waals surface area contributed by atoms with Gasteiger partial charge in [-0.15, -0.1) is 0 Å². The van der Waals surface area contributed by atoms with Crippen molar-refractivity contribution < 1.29 is 24.4 Å². The number of aliphatic hydroxyl groups is 2. The van der Waals surface area contributed by atoms with Gasteiger partial charge in [-0.2, -0.15) is 0 Å². The first kappa shape index (κ1) is 36.1. The Labute approximate surface area is 295 Å². The summed E-state index contributed by atoms with van der Waals surface area (Å²) in [5, 5.41) is 31.4. The third kappa shape index (κ3) is 9.41. The molecule has 242 valence electrons. The van der Waals surface area contributed by atoms with E-state index in [1.807, 2.05) is 56.3 Å². The van der Waals surface area contributed by atoms with Crippen LogP contribution in [-0.2, 0) is 18.4 Å². The Morgan fingerprint density at radius 2 is 1.65 bits per heavy atom. The van der Waals surface area contributed by atoms with Crippen LogP contribution in [0.5, 0.6) is 17.2 Å². The fourth-order valence-corrected chi connectivity index (χ4v) is 7.67. The van der Waals surface area contributed by atoms with E-state index >= 15 is 0 Å². The van der Waals surface area contributed by atoms with Gasteiger partial charge < -0.3 is 4.74 Å². The van der Waals surface area contributed by atoms with Crippen LogP contribution in [0.4, 0.5) is 0 Å². The quantitative estimate of drug-likeness (QED) is 0.0683. The minimum atomic E-state index is -0.820. The Bertz CT molecular complexity index is 1680. The summed E-state index contributed by atoms with van der Waals surface area (Å²) < 4.78 is 17.9. The van der Waals surface area contributed by atoms with E-state index in [1.165, 1.54) is 6.20 Å². The van der Waals surface area contributed by atoms with Crippen LogP contribution in [-0.4, -0.2) is 56.1 Å². The number of pyridine rings is 1. The van der Waals surface area contributed by atoms with Crippen LogP contribution in [0, 0.1) is 18.3 Å². The minimum Gasteiger partial charge on any atom is -0.492 e. The molecule has 0 saturated heterocycles. The molecule has 4 aromatic rings. The second-order valence-corrected chi connectivity index (χ2v) is 16.6. The molecule has 1 atom stereocenters. The van der Waals surface area contributed by atoms with E-state index in [4.69, 9.17) is 37.4 Å². The molecule has 46 heavy (non-hydrogen) atoms. The number of rotatable bonds is 16. The molecule has 1 unspecified atom stereocenters. The van der Waals surface area contributed by atoms with Crippen LogP contribution in [0.15, 0.2) is 67.0 Å². The first-order valence-electron chi connectivity index (χ1n) is 14.7. The van der Waals surface area contributed by atoms with Crippen molar-refractivity contribution in [3.8, 4) is 34.4 Å². The van der Waals surface area contributed by atoms with Gasteiger partial charge in [-0.3, -0.25) is 0 Å². The number of nitrogens with zero attached hydrogens (tertiary/aromatic N) is 2. The van der Waals surface area contributed by atoms with Gasteiger partial charge in [0.15, 0.2) is 0 Å². The standard InChI is InChI=1S/C35H36AsBrCl2N2O5/c1-23-26(6-3-7-28(23)29-8-4-9-31(34(29)39)44-11-5-10-37)20-46-33-14-32(45-19-25-12-24(16-40)17-41-18-25)27(13-30(33)38)15-36-35(2,21-42)22-43/h3-4,6-9,12-14,17-18,36,42-43H,5,10-11,15,19-22H2,1-2H3. The maximum absolute atomic E-state index is 9.84. The van der Waals surface area contributed by atoms with Gasteiger partial charge in [-0.25, -0.2) is 0 Å². The number of ether oxygens (including phenoxy) is 3. The second kappa shape index (κ2) is 17.4. The molecular formula is C35H36AsBrCl2N2O5. The van der Waals surface area contributed by atoms with Gasteiger partial charge in [-0.1, -0.05) is 33.6 Å². The molecule has 0 spiro atoms. The molecule has 0 saturated carbocycles. The van der Waals surface area contributed by atoms with E-state index in [0.29, 0.717) is 44.7 Å². The maximum atomic E-state index is 9.84. The first-order chi connectivity index (χ1) is 22.2. The van der Waals surface area contributed by atoms with Gasteiger partial charge in [0.1, 0.15) is 5.75 Å². The van der Waals surface area contributed by atoms with Crippen LogP contribution in [0.2, 0.25) is 14.2 Å². The first-order valence-corrected chi connectivity index (χ1v) is 19.1. The summed E-state index contributed by atoms with van der Waals surface area (Å²) in [6.45, 7) is 4.73. The average Bonchev–Trinajstić information content (AvgIpc) is 3.07. The van der Waals surface area contributed by atoms with E-state index in [2.05, 4.69) is 27.0 Å². The molecule has 0 aliphatic rings. The van der Waals surface area contributed by atoms with E-state index in [0.717, 1.165) is 45.1 Å². The monoisotopic (exact) mass is 788 g/mol. The number of hydrogen-bond acceptors (Lipinski definition) is 7. The van der Waals surface area contributed by atoms with E-state index in [9.17, 15) is 15.5 Å². The van der Waals surface area contributed by atoms with E-state index < -0.39 is 20.0 Å². The fraction of sp³-hybridized carbons (Fsp3) is 0.314. The summed E-state index contributed by atoms with van der Waals surface area (Å²) in [4.78, 5) is 4.12. The summed E-state index contributed by atoms with van der Waals surface area (Å²) >= 11 is 16.2. The molecule has 1 heterocycles. The van der Waals surface area contributed by atoms with Crippen molar-refractivity contribution >= 4 is 54.9 Å². The molecule has 2 N–H and O–H groups in total. The smallest absolute Gasteiger partial charge is 0.492 e. The van der Waals surface area contributed by atoms with Gasteiger partial charge in [-0.05, 0) is 12.5 Å². The van der Waals surface area contributed by atoms with Crippen LogP contribution in [0.25, 0.3) is 11.1 Å². The molecule has 0 radical (unpaired) electrons. The fourth-order valence-electron chi connectivity index (χ4n) is 4.57. The number of hydrogen-bond donors (Lipinski definition) is 2. The molecule has 0 fully saturated rings. The summed E-state index contributed by atoms with van der Waals surface area (Å²) in [6.07, 6.45) is 4.03. The Hall–Kier alpha value is -2.76. The molecule has 7 nitrogen and oxygen atoms in total. The summed E-state index contributed by atoms with van der Waals surface area (Å²) in [5.41, 5.74) is 5.91. The molecule has 3 aromatic carbocycles. The number of alkyl halides is 1. The van der Waals surface area contributed by atoms with Crippen LogP contribution >= 0.6 is 39.1 Å². The number of nitriles is 1. The van der Waals surface area contributed by atoms with Crippen molar-refractivity contribution in [3.63, 3.8) is 0 Å². The van der Waals surface area contributed by atoms with Gasteiger partial charge in [0.05, 0.1) is 6.61 Å².